The van der Waals surface area contributed by atoms with Crippen molar-refractivity contribution in [3.8, 4) is 11.8 Å². The molecule has 3 heteroatoms. The number of esters is 1. The molecule has 124 valence electrons. The maximum Gasteiger partial charge on any atom is 0.335 e. The minimum Gasteiger partial charge on any atom is -0.464 e. The van der Waals surface area contributed by atoms with E-state index in [1.807, 2.05) is 42.2 Å². The van der Waals surface area contributed by atoms with Gasteiger partial charge in [-0.1, -0.05) is 55.7 Å². The van der Waals surface area contributed by atoms with E-state index in [0.29, 0.717) is 19.7 Å². The predicted octanol–water partition coefficient (Wildman–Crippen LogP) is 3.80. The molecular formula is C20H27NO2. The van der Waals surface area contributed by atoms with Crippen LogP contribution in [0.1, 0.15) is 38.7 Å². The van der Waals surface area contributed by atoms with Crippen LogP contribution in [-0.4, -0.2) is 30.1 Å². The van der Waals surface area contributed by atoms with E-state index in [-0.39, 0.29) is 5.97 Å². The first-order valence-electron chi connectivity index (χ1n) is 8.26. The molecule has 0 saturated carbocycles. The Morgan fingerprint density at radius 3 is 2.70 bits per heavy atom. The smallest absolute Gasteiger partial charge is 0.335 e. The summed E-state index contributed by atoms with van der Waals surface area (Å²) in [4.78, 5) is 14.3. The van der Waals surface area contributed by atoms with Gasteiger partial charge in [0.05, 0.1) is 6.61 Å². The Hall–Kier alpha value is -2.05. The maximum atomic E-state index is 12.3. The number of carbonyl (C=O) groups is 1. The minimum atomic E-state index is -0.551. The first kappa shape index (κ1) is 19.0. The molecule has 23 heavy (non-hydrogen) atoms. The lowest BCUT2D eigenvalue weighted by molar-refractivity contribution is -0.147. The fraction of sp³-hybridized carbons (Fsp3) is 0.450. The lowest BCUT2D eigenvalue weighted by Gasteiger charge is -2.25. The number of benzene rings is 1. The lowest BCUT2D eigenvalue weighted by atomic mass is 10.1. The molecule has 1 rings (SSSR count). The van der Waals surface area contributed by atoms with Gasteiger partial charge in [-0.3, -0.25) is 4.90 Å². The quantitative estimate of drug-likeness (QED) is 0.300. The Kier molecular flexibility index (Phi) is 9.51. The molecule has 0 aliphatic heterocycles. The third-order valence-corrected chi connectivity index (χ3v) is 3.36. The summed E-state index contributed by atoms with van der Waals surface area (Å²) in [5.74, 6) is 5.94. The zero-order chi connectivity index (χ0) is 16.9. The van der Waals surface area contributed by atoms with Gasteiger partial charge in [0.2, 0.25) is 0 Å². The molecule has 0 N–H and O–H groups in total. The SMILES string of the molecule is C=CCN(Cc1ccccc1)C(C#CCCCC)C(=O)OCC. The maximum absolute atomic E-state index is 12.3. The molecule has 1 atom stereocenters. The third-order valence-electron chi connectivity index (χ3n) is 3.36. The van der Waals surface area contributed by atoms with Crippen molar-refractivity contribution in [2.75, 3.05) is 13.2 Å². The van der Waals surface area contributed by atoms with E-state index < -0.39 is 6.04 Å². The van der Waals surface area contributed by atoms with Gasteiger partial charge in [0.15, 0.2) is 6.04 Å². The number of carbonyl (C=O) groups excluding carboxylic acids is 1. The number of nitrogens with zero attached hydrogens (tertiary/aromatic N) is 1. The van der Waals surface area contributed by atoms with Crippen molar-refractivity contribution in [1.29, 1.82) is 0 Å². The van der Waals surface area contributed by atoms with Crippen molar-refractivity contribution in [2.45, 2.75) is 45.7 Å². The standard InChI is InChI=1S/C20H27NO2/c1-4-7-8-12-15-19(20(22)23-6-3)21(16-5-2)17-18-13-10-9-11-14-18/h5,9-11,13-14,19H,2,4,6-8,16-17H2,1,3H3. The Morgan fingerprint density at radius 1 is 1.35 bits per heavy atom. The van der Waals surface area contributed by atoms with Crippen LogP contribution in [0.3, 0.4) is 0 Å². The van der Waals surface area contributed by atoms with Crippen molar-refractivity contribution in [3.05, 3.63) is 48.6 Å². The van der Waals surface area contributed by atoms with Crippen LogP contribution in [0.15, 0.2) is 43.0 Å². The molecule has 0 aliphatic carbocycles. The fourth-order valence-electron chi connectivity index (χ4n) is 2.20. The molecule has 1 aromatic rings. The molecule has 0 saturated heterocycles. The Labute approximate surface area is 140 Å². The Bertz CT molecular complexity index is 528. The Balaban J connectivity index is 2.92. The van der Waals surface area contributed by atoms with Crippen molar-refractivity contribution < 1.29 is 9.53 Å². The highest BCUT2D eigenvalue weighted by Gasteiger charge is 2.24. The van der Waals surface area contributed by atoms with Crippen LogP contribution in [0.2, 0.25) is 0 Å². The highest BCUT2D eigenvalue weighted by Crippen LogP contribution is 2.10. The van der Waals surface area contributed by atoms with Crippen LogP contribution >= 0.6 is 0 Å². The van der Waals surface area contributed by atoms with Crippen molar-refractivity contribution >= 4 is 5.97 Å². The third kappa shape index (κ3) is 7.17. The summed E-state index contributed by atoms with van der Waals surface area (Å²) < 4.78 is 5.21. The largest absolute Gasteiger partial charge is 0.464 e. The van der Waals surface area contributed by atoms with E-state index in [2.05, 4.69) is 25.3 Å². The highest BCUT2D eigenvalue weighted by atomic mass is 16.5. The second-order valence-electron chi connectivity index (χ2n) is 5.28. The summed E-state index contributed by atoms with van der Waals surface area (Å²) in [6.07, 6.45) is 4.74. The molecule has 0 aliphatic rings. The van der Waals surface area contributed by atoms with E-state index in [0.717, 1.165) is 24.8 Å². The van der Waals surface area contributed by atoms with E-state index >= 15 is 0 Å². The zero-order valence-electron chi connectivity index (χ0n) is 14.3. The van der Waals surface area contributed by atoms with Gasteiger partial charge in [-0.05, 0) is 18.9 Å². The first-order chi connectivity index (χ1) is 11.2. The van der Waals surface area contributed by atoms with Gasteiger partial charge >= 0.3 is 5.97 Å². The second kappa shape index (κ2) is 11.5. The van der Waals surface area contributed by atoms with Gasteiger partial charge in [-0.2, -0.15) is 0 Å². The van der Waals surface area contributed by atoms with Crippen LogP contribution in [0.25, 0.3) is 0 Å². The molecule has 0 radical (unpaired) electrons. The van der Waals surface area contributed by atoms with E-state index in [9.17, 15) is 4.79 Å². The van der Waals surface area contributed by atoms with E-state index in [1.54, 1.807) is 6.08 Å². The summed E-state index contributed by atoms with van der Waals surface area (Å²) in [7, 11) is 0. The topological polar surface area (TPSA) is 29.5 Å². The molecule has 0 heterocycles. The number of rotatable bonds is 9. The average molecular weight is 313 g/mol. The molecule has 1 unspecified atom stereocenters. The van der Waals surface area contributed by atoms with E-state index in [1.165, 1.54) is 0 Å². The fourth-order valence-corrected chi connectivity index (χ4v) is 2.20. The van der Waals surface area contributed by atoms with Crippen molar-refractivity contribution in [2.24, 2.45) is 0 Å². The van der Waals surface area contributed by atoms with Crippen LogP contribution in [0.5, 0.6) is 0 Å². The molecule has 1 aromatic carbocycles. The first-order valence-corrected chi connectivity index (χ1v) is 8.26. The second-order valence-corrected chi connectivity index (χ2v) is 5.28. The molecule has 0 amide bonds. The number of hydrogen-bond acceptors (Lipinski definition) is 3. The van der Waals surface area contributed by atoms with Gasteiger partial charge in [0.1, 0.15) is 0 Å². The molecule has 3 nitrogen and oxygen atoms in total. The zero-order valence-corrected chi connectivity index (χ0v) is 14.3. The summed E-state index contributed by atoms with van der Waals surface area (Å²) in [5.41, 5.74) is 1.14. The normalized spacial score (nSPS) is 11.4. The summed E-state index contributed by atoms with van der Waals surface area (Å²) in [5, 5.41) is 0. The Morgan fingerprint density at radius 2 is 2.09 bits per heavy atom. The number of ether oxygens (including phenoxy) is 1. The van der Waals surface area contributed by atoms with Gasteiger partial charge in [0, 0.05) is 19.5 Å². The van der Waals surface area contributed by atoms with Crippen molar-refractivity contribution in [1.82, 2.24) is 4.90 Å². The highest BCUT2D eigenvalue weighted by molar-refractivity contribution is 5.79. The summed E-state index contributed by atoms with van der Waals surface area (Å²) in [6.45, 7) is 9.32. The summed E-state index contributed by atoms with van der Waals surface area (Å²) >= 11 is 0. The van der Waals surface area contributed by atoms with Crippen LogP contribution in [-0.2, 0) is 16.1 Å². The number of hydrogen-bond donors (Lipinski definition) is 0. The molecule has 0 aromatic heterocycles. The van der Waals surface area contributed by atoms with Crippen molar-refractivity contribution in [3.63, 3.8) is 0 Å². The van der Waals surface area contributed by atoms with Crippen LogP contribution in [0, 0.1) is 11.8 Å². The van der Waals surface area contributed by atoms with Crippen LogP contribution in [0.4, 0.5) is 0 Å². The van der Waals surface area contributed by atoms with Gasteiger partial charge < -0.3 is 4.74 Å². The van der Waals surface area contributed by atoms with Crippen LogP contribution < -0.4 is 0 Å². The monoisotopic (exact) mass is 313 g/mol. The molecule has 0 bridgehead atoms. The minimum absolute atomic E-state index is 0.283. The lowest BCUT2D eigenvalue weighted by Crippen LogP contribution is -2.41. The average Bonchev–Trinajstić information content (AvgIpc) is 2.56. The number of unbranched alkanes of at least 4 members (excludes halogenated alkanes) is 2. The summed E-state index contributed by atoms with van der Waals surface area (Å²) in [6, 6.07) is 9.51. The molecular weight excluding hydrogens is 286 g/mol. The van der Waals surface area contributed by atoms with Gasteiger partial charge in [-0.25, -0.2) is 4.79 Å². The predicted molar refractivity (Wildman–Crippen MR) is 94.8 cm³/mol. The van der Waals surface area contributed by atoms with Gasteiger partial charge in [-0.15, -0.1) is 12.5 Å². The molecule has 0 fully saturated rings. The molecule has 0 spiro atoms. The van der Waals surface area contributed by atoms with E-state index in [4.69, 9.17) is 4.74 Å². The van der Waals surface area contributed by atoms with Gasteiger partial charge in [0.25, 0.3) is 0 Å².